The van der Waals surface area contributed by atoms with Crippen LogP contribution in [0.5, 0.6) is 0 Å². The highest BCUT2D eigenvalue weighted by Crippen LogP contribution is 2.27. The summed E-state index contributed by atoms with van der Waals surface area (Å²) in [6, 6.07) is 0. The lowest BCUT2D eigenvalue weighted by molar-refractivity contribution is -0.376. The Kier molecular flexibility index (Phi) is 6.27. The van der Waals surface area contributed by atoms with Crippen molar-refractivity contribution in [1.82, 2.24) is 0 Å². The zero-order valence-corrected chi connectivity index (χ0v) is 12.0. The van der Waals surface area contributed by atoms with E-state index < -0.39 is 74.6 Å². The van der Waals surface area contributed by atoms with E-state index >= 15 is 0 Å². The van der Waals surface area contributed by atoms with Crippen LogP contribution in [0.4, 0.5) is 0 Å². The van der Waals surface area contributed by atoms with Gasteiger partial charge < -0.3 is 55.1 Å². The number of hydrogen-bond donors (Lipinski definition) is 8. The van der Waals surface area contributed by atoms with Crippen molar-refractivity contribution in [2.24, 2.45) is 0 Å². The SMILES string of the molecule is OCC1O[C@H](O[C@@H]2O[C@H](CO)[C@H](O)C(O)C2O)C(O)[C@@H](O)[C@@H]1O. The fraction of sp³-hybridized carbons (Fsp3) is 1.00. The molecule has 11 heteroatoms. The molecule has 2 saturated heterocycles. The highest BCUT2D eigenvalue weighted by molar-refractivity contribution is 4.92. The van der Waals surface area contributed by atoms with Crippen LogP contribution in [0.15, 0.2) is 0 Å². The number of aliphatic hydroxyl groups is 8. The molecule has 0 aromatic carbocycles. The molecule has 11 nitrogen and oxygen atoms in total. The van der Waals surface area contributed by atoms with Crippen LogP contribution in [-0.4, -0.2) is 115 Å². The van der Waals surface area contributed by atoms with Crippen LogP contribution in [0.1, 0.15) is 0 Å². The smallest absolute Gasteiger partial charge is 0.189 e. The highest BCUT2D eigenvalue weighted by Gasteiger charge is 2.49. The van der Waals surface area contributed by atoms with Crippen LogP contribution in [0, 0.1) is 0 Å². The Hall–Kier alpha value is -0.440. The normalized spacial score (nSPS) is 51.7. The number of rotatable bonds is 4. The van der Waals surface area contributed by atoms with Crippen LogP contribution in [-0.2, 0) is 14.2 Å². The molecule has 0 amide bonds. The van der Waals surface area contributed by atoms with E-state index in [1.165, 1.54) is 0 Å². The van der Waals surface area contributed by atoms with E-state index in [9.17, 15) is 30.6 Å². The van der Waals surface area contributed by atoms with Gasteiger partial charge in [0, 0.05) is 0 Å². The maximum absolute atomic E-state index is 9.84. The van der Waals surface area contributed by atoms with Crippen molar-refractivity contribution in [3.05, 3.63) is 0 Å². The van der Waals surface area contributed by atoms with Crippen molar-refractivity contribution in [2.45, 2.75) is 61.4 Å². The molecule has 0 aromatic heterocycles. The van der Waals surface area contributed by atoms with Gasteiger partial charge in [0.2, 0.25) is 0 Å². The number of ether oxygens (including phenoxy) is 3. The van der Waals surface area contributed by atoms with Crippen LogP contribution in [0.25, 0.3) is 0 Å². The molecule has 0 bridgehead atoms. The van der Waals surface area contributed by atoms with E-state index in [0.29, 0.717) is 0 Å². The fourth-order valence-electron chi connectivity index (χ4n) is 2.49. The lowest BCUT2D eigenvalue weighted by Gasteiger charge is -2.44. The summed E-state index contributed by atoms with van der Waals surface area (Å²) < 4.78 is 15.3. The summed E-state index contributed by atoms with van der Waals surface area (Å²) in [6.45, 7) is -1.33. The Balaban J connectivity index is 2.07. The van der Waals surface area contributed by atoms with Crippen LogP contribution >= 0.6 is 0 Å². The lowest BCUT2D eigenvalue weighted by Crippen LogP contribution is -2.63. The molecule has 0 aromatic rings. The molecule has 0 spiro atoms. The Labute approximate surface area is 130 Å². The molecule has 2 aliphatic heterocycles. The second-order valence-corrected chi connectivity index (χ2v) is 5.53. The molecule has 23 heavy (non-hydrogen) atoms. The Morgan fingerprint density at radius 3 is 1.22 bits per heavy atom. The molecular formula is C12H22O11. The first-order valence-corrected chi connectivity index (χ1v) is 7.08. The van der Waals surface area contributed by atoms with Crippen molar-refractivity contribution in [3.63, 3.8) is 0 Å². The molecule has 0 saturated carbocycles. The second kappa shape index (κ2) is 7.63. The van der Waals surface area contributed by atoms with Crippen molar-refractivity contribution in [1.29, 1.82) is 0 Å². The number of hydrogen-bond acceptors (Lipinski definition) is 11. The van der Waals surface area contributed by atoms with Crippen molar-refractivity contribution in [2.75, 3.05) is 13.2 Å². The Bertz CT molecular complexity index is 344. The van der Waals surface area contributed by atoms with Crippen LogP contribution in [0.2, 0.25) is 0 Å². The van der Waals surface area contributed by atoms with Gasteiger partial charge in [0.25, 0.3) is 0 Å². The molecule has 2 rings (SSSR count). The molecule has 0 radical (unpaired) electrons. The van der Waals surface area contributed by atoms with Crippen molar-refractivity contribution in [3.8, 4) is 0 Å². The van der Waals surface area contributed by atoms with E-state index in [1.807, 2.05) is 0 Å². The molecular weight excluding hydrogens is 320 g/mol. The average Bonchev–Trinajstić information content (AvgIpc) is 2.55. The summed E-state index contributed by atoms with van der Waals surface area (Å²) >= 11 is 0. The minimum Gasteiger partial charge on any atom is -0.394 e. The standard InChI is InChI=1S/C12H22O11/c13-1-3-5(15)7(17)9(19)11(21-3)23-12-10(20)8(18)6(16)4(2-14)22-12/h3-20H,1-2H2/t3-,4?,5+,6-,7?,8+,9?,10?,11+,12-/m1/s1. The van der Waals surface area contributed by atoms with E-state index in [-0.39, 0.29) is 0 Å². The number of aliphatic hydroxyl groups excluding tert-OH is 8. The van der Waals surface area contributed by atoms with Crippen molar-refractivity contribution >= 4 is 0 Å². The summed E-state index contributed by atoms with van der Waals surface area (Å²) in [6.07, 6.45) is -15.6. The van der Waals surface area contributed by atoms with Gasteiger partial charge in [-0.2, -0.15) is 0 Å². The van der Waals surface area contributed by atoms with Gasteiger partial charge in [0.15, 0.2) is 12.6 Å². The molecule has 4 unspecified atom stereocenters. The molecule has 10 atom stereocenters. The second-order valence-electron chi connectivity index (χ2n) is 5.53. The van der Waals surface area contributed by atoms with E-state index in [1.54, 1.807) is 0 Å². The summed E-state index contributed by atoms with van der Waals surface area (Å²) in [4.78, 5) is 0. The maximum atomic E-state index is 9.84. The fourth-order valence-corrected chi connectivity index (χ4v) is 2.49. The van der Waals surface area contributed by atoms with Gasteiger partial charge in [-0.1, -0.05) is 0 Å². The molecule has 2 aliphatic rings. The van der Waals surface area contributed by atoms with E-state index in [4.69, 9.17) is 24.4 Å². The summed E-state index contributed by atoms with van der Waals surface area (Å²) in [5.74, 6) is 0. The van der Waals surface area contributed by atoms with Crippen LogP contribution in [0.3, 0.4) is 0 Å². The third-order valence-corrected chi connectivity index (χ3v) is 3.97. The van der Waals surface area contributed by atoms with Gasteiger partial charge in [0.05, 0.1) is 13.2 Å². The zero-order valence-electron chi connectivity index (χ0n) is 12.0. The first-order valence-electron chi connectivity index (χ1n) is 7.08. The Morgan fingerprint density at radius 2 is 0.913 bits per heavy atom. The Morgan fingerprint density at radius 1 is 0.565 bits per heavy atom. The molecule has 2 fully saturated rings. The topological polar surface area (TPSA) is 190 Å². The van der Waals surface area contributed by atoms with Gasteiger partial charge >= 0.3 is 0 Å². The summed E-state index contributed by atoms with van der Waals surface area (Å²) in [5.41, 5.74) is 0. The zero-order chi connectivity index (χ0) is 17.3. The van der Waals surface area contributed by atoms with Gasteiger partial charge in [-0.25, -0.2) is 0 Å². The first kappa shape index (κ1) is 18.9. The average molecular weight is 342 g/mol. The van der Waals surface area contributed by atoms with E-state index in [2.05, 4.69) is 0 Å². The molecule has 0 aliphatic carbocycles. The third-order valence-electron chi connectivity index (χ3n) is 3.97. The quantitative estimate of drug-likeness (QED) is 0.243. The monoisotopic (exact) mass is 342 g/mol. The largest absolute Gasteiger partial charge is 0.394 e. The predicted octanol–water partition coefficient (Wildman–Crippen LogP) is -5.40. The van der Waals surface area contributed by atoms with Gasteiger partial charge in [-0.05, 0) is 0 Å². The predicted molar refractivity (Wildman–Crippen MR) is 68.6 cm³/mol. The van der Waals surface area contributed by atoms with Crippen LogP contribution < -0.4 is 0 Å². The van der Waals surface area contributed by atoms with Crippen molar-refractivity contribution < 1.29 is 55.1 Å². The summed E-state index contributed by atoms with van der Waals surface area (Å²) in [7, 11) is 0. The maximum Gasteiger partial charge on any atom is 0.189 e. The summed E-state index contributed by atoms with van der Waals surface area (Å²) in [5, 5.41) is 76.4. The first-order chi connectivity index (χ1) is 10.8. The van der Waals surface area contributed by atoms with E-state index in [0.717, 1.165) is 0 Å². The third kappa shape index (κ3) is 3.65. The minimum absolute atomic E-state index is 0.667. The minimum atomic E-state index is -1.72. The van der Waals surface area contributed by atoms with Gasteiger partial charge in [0.1, 0.15) is 48.8 Å². The molecule has 136 valence electrons. The molecule has 2 heterocycles. The van der Waals surface area contributed by atoms with Gasteiger partial charge in [-0.3, -0.25) is 0 Å². The molecule has 8 N–H and O–H groups in total. The van der Waals surface area contributed by atoms with Gasteiger partial charge in [-0.15, -0.1) is 0 Å². The lowest BCUT2D eigenvalue weighted by atomic mass is 9.98. The highest BCUT2D eigenvalue weighted by atomic mass is 16.8.